The molecule has 26 rings (SSSR count). The molecular weight excluding hydrogens is 1740 g/mol. The molecule has 0 saturated carbocycles. The van der Waals surface area contributed by atoms with Crippen molar-refractivity contribution in [3.63, 3.8) is 0 Å². The number of anilines is 12. The van der Waals surface area contributed by atoms with Crippen LogP contribution in [0, 0.1) is 5.82 Å². The lowest BCUT2D eigenvalue weighted by Gasteiger charge is -2.29. The van der Waals surface area contributed by atoms with E-state index in [1.807, 2.05) is 89.4 Å². The smallest absolute Gasteiger partial charge is 0.148 e. The van der Waals surface area contributed by atoms with Crippen LogP contribution in [0.2, 0.25) is 0 Å². The van der Waals surface area contributed by atoms with Crippen molar-refractivity contribution in [2.75, 3.05) is 19.6 Å². The fourth-order valence-electron chi connectivity index (χ4n) is 21.5. The number of nitrogens with zero attached hydrogens (tertiary/aromatic N) is 4. The van der Waals surface area contributed by atoms with Gasteiger partial charge in [0.1, 0.15) is 5.82 Å². The Bertz CT molecular complexity index is 9010. The molecule has 0 bridgehead atoms. The van der Waals surface area contributed by atoms with E-state index in [0.717, 1.165) is 101 Å². The van der Waals surface area contributed by atoms with Crippen molar-refractivity contribution < 1.29 is 4.39 Å². The molecule has 0 radical (unpaired) electrons. The molecule has 0 saturated heterocycles. The molecule has 2 aromatic heterocycles. The van der Waals surface area contributed by atoms with Crippen molar-refractivity contribution >= 4 is 174 Å². The van der Waals surface area contributed by atoms with Crippen LogP contribution in [0.3, 0.4) is 0 Å². The van der Waals surface area contributed by atoms with E-state index in [-0.39, 0.29) is 11.2 Å². The molecule has 23 aromatic carbocycles. The average molecular weight is 1830 g/mol. The highest BCUT2D eigenvalue weighted by Gasteiger charge is 2.37. The Balaban J connectivity index is 0.000000148. The molecular formula is C133H91FN4S2. The van der Waals surface area contributed by atoms with E-state index in [4.69, 9.17) is 0 Å². The summed E-state index contributed by atoms with van der Waals surface area (Å²) in [5.41, 5.74) is 30.7. The van der Waals surface area contributed by atoms with Gasteiger partial charge in [-0.15, -0.1) is 22.7 Å². The SMILES string of the molecule is CC1(C)c2ccccc2-c2ccc(N(c3ccccc3)c3ccc4c(c3)sc3c5ccc(-c6ccc(N(c7ccccc7)c7ccccc7-c7ccccc7)cc6)cc5c5ccccc5c43)cc21.Fc1cc(-c2ccccc2)cc(-c2ccccc2)c1N(c1ccccc1)c1ccc2c(c1)sc1c3ccc(-c4ccc(N(c5ccccc5)c5ccccc5-c5ccccc5)cc4)cc3c3ccccc3c21. The van der Waals surface area contributed by atoms with Crippen molar-refractivity contribution in [3.05, 3.63) is 533 Å². The lowest BCUT2D eigenvalue weighted by Crippen LogP contribution is -2.16. The quantitative estimate of drug-likeness (QED) is 0.0794. The second kappa shape index (κ2) is 35.7. The van der Waals surface area contributed by atoms with Crippen LogP contribution in [-0.4, -0.2) is 0 Å². The third-order valence-electron chi connectivity index (χ3n) is 28.1. The molecule has 7 heteroatoms. The van der Waals surface area contributed by atoms with Gasteiger partial charge in [-0.25, -0.2) is 4.39 Å². The highest BCUT2D eigenvalue weighted by atomic mass is 32.1. The van der Waals surface area contributed by atoms with E-state index < -0.39 is 0 Å². The molecule has 25 aromatic rings. The van der Waals surface area contributed by atoms with Gasteiger partial charge in [0.2, 0.25) is 0 Å². The number of hydrogen-bond acceptors (Lipinski definition) is 6. The predicted molar refractivity (Wildman–Crippen MR) is 598 cm³/mol. The maximum absolute atomic E-state index is 17.3. The van der Waals surface area contributed by atoms with Gasteiger partial charge >= 0.3 is 0 Å². The van der Waals surface area contributed by atoms with Crippen molar-refractivity contribution in [1.82, 2.24) is 0 Å². The molecule has 0 spiro atoms. The molecule has 662 valence electrons. The van der Waals surface area contributed by atoms with Crippen LogP contribution < -0.4 is 19.6 Å². The zero-order chi connectivity index (χ0) is 93.3. The van der Waals surface area contributed by atoms with Crippen LogP contribution in [0.4, 0.5) is 72.6 Å². The van der Waals surface area contributed by atoms with Crippen molar-refractivity contribution in [1.29, 1.82) is 0 Å². The molecule has 0 aliphatic heterocycles. The first kappa shape index (κ1) is 84.4. The monoisotopic (exact) mass is 1830 g/mol. The van der Waals surface area contributed by atoms with Crippen LogP contribution in [0.5, 0.6) is 0 Å². The van der Waals surface area contributed by atoms with Crippen LogP contribution in [0.15, 0.2) is 516 Å². The summed E-state index contributed by atoms with van der Waals surface area (Å²) in [6.45, 7) is 4.72. The van der Waals surface area contributed by atoms with Gasteiger partial charge in [0.25, 0.3) is 0 Å². The number of fused-ring (bicyclic) bond motifs is 19. The number of thiophene rings is 2. The van der Waals surface area contributed by atoms with Gasteiger partial charge in [0.05, 0.1) is 17.1 Å². The maximum Gasteiger partial charge on any atom is 0.148 e. The molecule has 0 N–H and O–H groups in total. The zero-order valence-electron chi connectivity index (χ0n) is 77.1. The van der Waals surface area contributed by atoms with Crippen LogP contribution in [0.1, 0.15) is 25.0 Å². The Morgan fingerprint density at radius 2 is 0.500 bits per heavy atom. The summed E-state index contributed by atoms with van der Waals surface area (Å²) in [6.07, 6.45) is 0. The van der Waals surface area contributed by atoms with Crippen LogP contribution in [-0.2, 0) is 5.41 Å². The van der Waals surface area contributed by atoms with Crippen LogP contribution >= 0.6 is 22.7 Å². The molecule has 4 nitrogen and oxygen atoms in total. The summed E-state index contributed by atoms with van der Waals surface area (Å²) in [6, 6.07) is 184. The topological polar surface area (TPSA) is 13.0 Å². The lowest BCUT2D eigenvalue weighted by molar-refractivity contribution is 0.630. The summed E-state index contributed by atoms with van der Waals surface area (Å²) in [4.78, 5) is 9.24. The van der Waals surface area contributed by atoms with Crippen molar-refractivity contribution in [3.8, 4) is 77.9 Å². The number of halogens is 1. The number of benzene rings is 23. The van der Waals surface area contributed by atoms with Crippen molar-refractivity contribution in [2.24, 2.45) is 0 Å². The van der Waals surface area contributed by atoms with E-state index in [0.29, 0.717) is 5.69 Å². The third kappa shape index (κ3) is 15.1. The molecule has 140 heavy (non-hydrogen) atoms. The van der Waals surface area contributed by atoms with E-state index in [1.54, 1.807) is 6.07 Å². The van der Waals surface area contributed by atoms with E-state index in [9.17, 15) is 0 Å². The second-order valence-corrected chi connectivity index (χ2v) is 38.7. The minimum atomic E-state index is -0.292. The molecule has 2 heterocycles. The first-order valence-electron chi connectivity index (χ1n) is 47.8. The van der Waals surface area contributed by atoms with Gasteiger partial charge in [-0.3, -0.25) is 0 Å². The lowest BCUT2D eigenvalue weighted by atomic mass is 9.82. The molecule has 0 atom stereocenters. The Hall–Kier alpha value is -17.3. The number of para-hydroxylation sites is 6. The first-order chi connectivity index (χ1) is 69.1. The Labute approximate surface area is 821 Å². The summed E-state index contributed by atoms with van der Waals surface area (Å²) < 4.78 is 22.3. The summed E-state index contributed by atoms with van der Waals surface area (Å²) in [5, 5.41) is 15.0. The summed E-state index contributed by atoms with van der Waals surface area (Å²) in [5.74, 6) is -0.292. The Morgan fingerprint density at radius 1 is 0.186 bits per heavy atom. The molecule has 0 unspecified atom stereocenters. The minimum Gasteiger partial charge on any atom is -0.310 e. The normalized spacial score (nSPS) is 12.0. The molecule has 0 amide bonds. The molecule has 0 fully saturated rings. The molecule has 1 aliphatic carbocycles. The van der Waals surface area contributed by atoms with Gasteiger partial charge in [0.15, 0.2) is 0 Å². The van der Waals surface area contributed by atoms with Gasteiger partial charge < -0.3 is 19.6 Å². The van der Waals surface area contributed by atoms with E-state index in [1.165, 1.54) is 134 Å². The standard InChI is InChI=1S/C68H45FN2S.C65H46N2S/c69-63-44-51(46-20-6-1-7-21-46)43-61(49-24-10-3-11-25-49)67(63)71(53-28-14-5-15-29-53)55-39-41-60-65(45-55)72-68-59-40-36-50(42-62(59)57-31-16-17-32-58(57)66(60)68)47-34-37-54(38-35-47)70(52-26-12-4-13-27-52)64-33-19-18-30-56(64)48-22-8-2-9-23-48;1-65(2)59-28-16-14-26-53(59)54-38-35-49(41-60(54)65)66(46-20-8-4-9-21-46)50-36-39-57-62(42-50)68-64-56-37-32-45(40-58(56)52-25-12-13-27-55(52)63(57)64)43-30-33-48(34-31-43)67(47-22-10-5-11-23-47)61-29-17-15-24-51(61)44-18-6-3-7-19-44/h1-45H;3-42H,1-2H3. The van der Waals surface area contributed by atoms with Gasteiger partial charge in [-0.2, -0.15) is 0 Å². The highest BCUT2D eigenvalue weighted by Crippen LogP contribution is 2.56. The van der Waals surface area contributed by atoms with Crippen LogP contribution in [0.25, 0.3) is 161 Å². The predicted octanol–water partition coefficient (Wildman–Crippen LogP) is 39.0. The third-order valence-corrected chi connectivity index (χ3v) is 30.5. The van der Waals surface area contributed by atoms with Gasteiger partial charge in [-0.1, -0.05) is 384 Å². The Morgan fingerprint density at radius 3 is 0.957 bits per heavy atom. The zero-order valence-corrected chi connectivity index (χ0v) is 78.7. The number of hydrogen-bond donors (Lipinski definition) is 0. The fourth-order valence-corrected chi connectivity index (χ4v) is 24.1. The minimum absolute atomic E-state index is 0.0930. The summed E-state index contributed by atoms with van der Waals surface area (Å²) in [7, 11) is 0. The van der Waals surface area contributed by atoms with E-state index in [2.05, 4.69) is 476 Å². The maximum atomic E-state index is 17.3. The first-order valence-corrected chi connectivity index (χ1v) is 49.5. The van der Waals surface area contributed by atoms with Gasteiger partial charge in [0, 0.05) is 124 Å². The largest absolute Gasteiger partial charge is 0.310 e. The average Bonchev–Trinajstić information content (AvgIpc) is 1.56. The second-order valence-electron chi connectivity index (χ2n) is 36.6. The fraction of sp³-hybridized carbons (Fsp3) is 0.0226. The van der Waals surface area contributed by atoms with E-state index >= 15 is 4.39 Å². The van der Waals surface area contributed by atoms with Crippen molar-refractivity contribution in [2.45, 2.75) is 19.3 Å². The highest BCUT2D eigenvalue weighted by molar-refractivity contribution is 7.27. The van der Waals surface area contributed by atoms with Gasteiger partial charge in [-0.05, 0) is 250 Å². The summed E-state index contributed by atoms with van der Waals surface area (Å²) >= 11 is 3.72. The Kier molecular flexibility index (Phi) is 21.5. The molecule has 1 aliphatic rings. The number of rotatable bonds is 18.